The molecular weight excluding hydrogens is 247 g/mol. The van der Waals surface area contributed by atoms with Gasteiger partial charge in [0, 0.05) is 0 Å². The molecule has 0 fully saturated rings. The molecule has 0 saturated carbocycles. The van der Waals surface area contributed by atoms with Crippen LogP contribution >= 0.6 is 7.80 Å². The second-order valence-electron chi connectivity index (χ2n) is 3.65. The van der Waals surface area contributed by atoms with Crippen molar-refractivity contribution in [2.45, 2.75) is 0 Å². The fourth-order valence-electron chi connectivity index (χ4n) is 1.36. The molecule has 0 spiro atoms. The van der Waals surface area contributed by atoms with E-state index in [1.807, 2.05) is 60.7 Å². The van der Waals surface area contributed by atoms with Gasteiger partial charge in [-0.1, -0.05) is 41.0 Å². The third-order valence-electron chi connectivity index (χ3n) is 2.24. The maximum Gasteiger partial charge on any atom is 0.420 e. The number of para-hydroxylation sites is 2. The molecule has 0 aliphatic heterocycles. The van der Waals surface area contributed by atoms with Gasteiger partial charge < -0.3 is 9.47 Å². The first-order chi connectivity index (χ1) is 8.84. The Morgan fingerprint density at radius 1 is 0.722 bits per heavy atom. The number of rotatable bonds is 6. The van der Waals surface area contributed by atoms with Crippen molar-refractivity contribution < 1.29 is 14.0 Å². The molecule has 0 heterocycles. The monoisotopic (exact) mass is 261 g/mol. The third-order valence-corrected chi connectivity index (χ3v) is 3.07. The second kappa shape index (κ2) is 6.77. The Hall–Kier alpha value is -1.86. The van der Waals surface area contributed by atoms with E-state index in [0.29, 0.717) is 0 Å². The van der Waals surface area contributed by atoms with Crippen molar-refractivity contribution in [1.82, 2.24) is 0 Å². The number of hydrogen-bond donors (Lipinski definition) is 0. The van der Waals surface area contributed by atoms with E-state index < -0.39 is 7.80 Å². The smallest absolute Gasteiger partial charge is 0.420 e. The minimum atomic E-state index is -1.52. The van der Waals surface area contributed by atoms with Crippen molar-refractivity contribution in [3.05, 3.63) is 60.7 Å². The number of hydrogen-bond acceptors (Lipinski definition) is 3. The SMILES string of the molecule is O=[P+](COc1ccccc1)COc1ccccc1. The van der Waals surface area contributed by atoms with Crippen LogP contribution in [0, 0.1) is 0 Å². The van der Waals surface area contributed by atoms with Crippen LogP contribution in [0.5, 0.6) is 11.5 Å². The van der Waals surface area contributed by atoms with Gasteiger partial charge in [-0.3, -0.25) is 0 Å². The minimum absolute atomic E-state index is 0.173. The van der Waals surface area contributed by atoms with E-state index in [2.05, 4.69) is 0 Å². The van der Waals surface area contributed by atoms with E-state index in [1.54, 1.807) is 0 Å². The van der Waals surface area contributed by atoms with Gasteiger partial charge in [0.05, 0.1) is 0 Å². The molecular formula is C14H14O3P+. The lowest BCUT2D eigenvalue weighted by Gasteiger charge is -2.00. The number of ether oxygens (including phenoxy) is 2. The topological polar surface area (TPSA) is 35.5 Å². The van der Waals surface area contributed by atoms with Crippen LogP contribution in [0.25, 0.3) is 0 Å². The zero-order chi connectivity index (χ0) is 12.6. The van der Waals surface area contributed by atoms with Crippen LogP contribution in [0.15, 0.2) is 60.7 Å². The predicted octanol–water partition coefficient (Wildman–Crippen LogP) is 3.89. The summed E-state index contributed by atoms with van der Waals surface area (Å²) in [4.78, 5) is 0. The zero-order valence-corrected chi connectivity index (χ0v) is 10.8. The van der Waals surface area contributed by atoms with Crippen molar-refractivity contribution >= 4 is 7.80 Å². The Balaban J connectivity index is 1.73. The maximum atomic E-state index is 11.7. The molecule has 0 N–H and O–H groups in total. The molecule has 0 amide bonds. The van der Waals surface area contributed by atoms with Gasteiger partial charge in [0.2, 0.25) is 0 Å². The van der Waals surface area contributed by atoms with Gasteiger partial charge in [-0.15, -0.1) is 0 Å². The van der Waals surface area contributed by atoms with E-state index >= 15 is 0 Å². The fraction of sp³-hybridized carbons (Fsp3) is 0.143. The van der Waals surface area contributed by atoms with Crippen LogP contribution in [0.4, 0.5) is 0 Å². The summed E-state index contributed by atoms with van der Waals surface area (Å²) >= 11 is 0. The summed E-state index contributed by atoms with van der Waals surface area (Å²) in [5.41, 5.74) is 0. The van der Waals surface area contributed by atoms with E-state index in [0.717, 1.165) is 11.5 Å². The Kier molecular flexibility index (Phi) is 4.74. The minimum Gasteiger partial charge on any atom is -0.449 e. The van der Waals surface area contributed by atoms with Crippen LogP contribution in [0.1, 0.15) is 0 Å². The molecule has 0 aliphatic carbocycles. The highest BCUT2D eigenvalue weighted by molar-refractivity contribution is 7.44. The van der Waals surface area contributed by atoms with Gasteiger partial charge in [-0.25, -0.2) is 0 Å². The van der Waals surface area contributed by atoms with E-state index in [-0.39, 0.29) is 12.7 Å². The Bertz CT molecular complexity index is 439. The fourth-order valence-corrected chi connectivity index (χ4v) is 2.02. The van der Waals surface area contributed by atoms with Gasteiger partial charge in [0.15, 0.2) is 0 Å². The van der Waals surface area contributed by atoms with Gasteiger partial charge in [0.25, 0.3) is 12.7 Å². The normalized spacial score (nSPS) is 9.78. The molecule has 2 aromatic carbocycles. The highest BCUT2D eigenvalue weighted by Gasteiger charge is 2.16. The van der Waals surface area contributed by atoms with Gasteiger partial charge >= 0.3 is 7.80 Å². The first kappa shape index (κ1) is 12.6. The predicted molar refractivity (Wildman–Crippen MR) is 71.5 cm³/mol. The van der Waals surface area contributed by atoms with Crippen molar-refractivity contribution in [3.8, 4) is 11.5 Å². The molecule has 4 heteroatoms. The van der Waals surface area contributed by atoms with Crippen LogP contribution < -0.4 is 9.47 Å². The van der Waals surface area contributed by atoms with Crippen molar-refractivity contribution in [3.63, 3.8) is 0 Å². The number of benzene rings is 2. The summed E-state index contributed by atoms with van der Waals surface area (Å²) in [6, 6.07) is 18.7. The van der Waals surface area contributed by atoms with Crippen LogP contribution in [0.3, 0.4) is 0 Å². The summed E-state index contributed by atoms with van der Waals surface area (Å²) in [6.07, 6.45) is 0.346. The molecule has 0 saturated heterocycles. The lowest BCUT2D eigenvalue weighted by molar-refractivity contribution is 0.352. The van der Waals surface area contributed by atoms with Gasteiger partial charge in [0.1, 0.15) is 11.5 Å². The lowest BCUT2D eigenvalue weighted by atomic mass is 10.3. The molecule has 0 radical (unpaired) electrons. The van der Waals surface area contributed by atoms with Crippen LogP contribution in [-0.4, -0.2) is 12.7 Å². The average Bonchev–Trinajstić information content (AvgIpc) is 2.45. The molecule has 2 aromatic rings. The van der Waals surface area contributed by atoms with Crippen molar-refractivity contribution in [2.75, 3.05) is 12.7 Å². The third kappa shape index (κ3) is 4.19. The lowest BCUT2D eigenvalue weighted by Crippen LogP contribution is -1.98. The van der Waals surface area contributed by atoms with Gasteiger partial charge in [-0.05, 0) is 24.3 Å². The summed E-state index contributed by atoms with van der Waals surface area (Å²) < 4.78 is 22.5. The molecule has 3 nitrogen and oxygen atoms in total. The van der Waals surface area contributed by atoms with E-state index in [9.17, 15) is 4.57 Å². The van der Waals surface area contributed by atoms with E-state index in [4.69, 9.17) is 9.47 Å². The van der Waals surface area contributed by atoms with E-state index in [1.165, 1.54) is 0 Å². The molecule has 0 aromatic heterocycles. The highest BCUT2D eigenvalue weighted by Crippen LogP contribution is 2.23. The Morgan fingerprint density at radius 2 is 1.11 bits per heavy atom. The van der Waals surface area contributed by atoms with Gasteiger partial charge in [-0.2, -0.15) is 0 Å². The molecule has 0 atom stereocenters. The maximum absolute atomic E-state index is 11.7. The first-order valence-electron chi connectivity index (χ1n) is 5.62. The highest BCUT2D eigenvalue weighted by atomic mass is 31.1. The molecule has 0 bridgehead atoms. The molecule has 0 aliphatic rings. The molecule has 0 unspecified atom stereocenters. The largest absolute Gasteiger partial charge is 0.449 e. The molecule has 18 heavy (non-hydrogen) atoms. The van der Waals surface area contributed by atoms with Crippen LogP contribution in [-0.2, 0) is 4.57 Å². The molecule has 92 valence electrons. The first-order valence-corrected chi connectivity index (χ1v) is 7.25. The Labute approximate surface area is 107 Å². The summed E-state index contributed by atoms with van der Waals surface area (Å²) in [6.45, 7) is 0. The summed E-state index contributed by atoms with van der Waals surface area (Å²) in [7, 11) is -1.52. The van der Waals surface area contributed by atoms with Crippen LogP contribution in [0.2, 0.25) is 0 Å². The quantitative estimate of drug-likeness (QED) is 0.740. The van der Waals surface area contributed by atoms with Crippen molar-refractivity contribution in [2.24, 2.45) is 0 Å². The summed E-state index contributed by atoms with van der Waals surface area (Å²) in [5, 5.41) is 0. The Morgan fingerprint density at radius 3 is 1.50 bits per heavy atom. The standard InChI is InChI=1S/C14H14O3P/c15-18(11-16-13-7-3-1-4-8-13)12-17-14-9-5-2-6-10-14/h1-10H,11-12H2/q+1. The van der Waals surface area contributed by atoms with Crippen molar-refractivity contribution in [1.29, 1.82) is 0 Å². The zero-order valence-electron chi connectivity index (χ0n) is 9.86. The second-order valence-corrected chi connectivity index (χ2v) is 5.13. The molecule has 2 rings (SSSR count). The summed E-state index contributed by atoms with van der Waals surface area (Å²) in [5.74, 6) is 1.45. The average molecular weight is 261 g/mol.